The zero-order chi connectivity index (χ0) is 13.0. The third-order valence-electron chi connectivity index (χ3n) is 3.04. The summed E-state index contributed by atoms with van der Waals surface area (Å²) < 4.78 is 31.9. The second-order valence-corrected chi connectivity index (χ2v) is 6.47. The number of anilines is 1. The van der Waals surface area contributed by atoms with Crippen LogP contribution in [-0.2, 0) is 21.3 Å². The molecule has 18 heavy (non-hydrogen) atoms. The number of ether oxygens (including phenoxy) is 1. The Morgan fingerprint density at radius 2 is 2.06 bits per heavy atom. The Balaban J connectivity index is 1.96. The summed E-state index contributed by atoms with van der Waals surface area (Å²) in [4.78, 5) is 0. The first-order valence-electron chi connectivity index (χ1n) is 5.98. The number of benzene rings is 1. The molecule has 2 rings (SSSR count). The van der Waals surface area contributed by atoms with Gasteiger partial charge in [-0.2, -0.15) is 0 Å². The fourth-order valence-electron chi connectivity index (χ4n) is 1.99. The Bertz CT molecular complexity index is 496. The van der Waals surface area contributed by atoms with E-state index >= 15 is 0 Å². The van der Waals surface area contributed by atoms with E-state index in [9.17, 15) is 8.42 Å². The molecule has 0 atom stereocenters. The fourth-order valence-corrected chi connectivity index (χ4v) is 3.41. The lowest BCUT2D eigenvalue weighted by molar-refractivity contribution is 0.0981. The molecular weight excluding hydrogens is 252 g/mol. The van der Waals surface area contributed by atoms with Gasteiger partial charge in [0.1, 0.15) is 0 Å². The Kier molecular flexibility index (Phi) is 4.21. The molecule has 0 bridgehead atoms. The minimum atomic E-state index is -3.27. The second-order valence-electron chi connectivity index (χ2n) is 4.42. The normalized spacial score (nSPS) is 17.8. The van der Waals surface area contributed by atoms with E-state index in [1.807, 2.05) is 12.1 Å². The van der Waals surface area contributed by atoms with Crippen LogP contribution in [0.1, 0.15) is 18.4 Å². The van der Waals surface area contributed by atoms with Crippen molar-refractivity contribution in [3.63, 3.8) is 0 Å². The summed E-state index contributed by atoms with van der Waals surface area (Å²) >= 11 is 0. The van der Waals surface area contributed by atoms with Gasteiger partial charge in [0.25, 0.3) is 0 Å². The third kappa shape index (κ3) is 3.44. The van der Waals surface area contributed by atoms with Gasteiger partial charge in [0.15, 0.2) is 0 Å². The molecule has 1 aromatic carbocycles. The van der Waals surface area contributed by atoms with Gasteiger partial charge in [-0.15, -0.1) is 0 Å². The quantitative estimate of drug-likeness (QED) is 0.795. The van der Waals surface area contributed by atoms with Crippen molar-refractivity contribution in [3.05, 3.63) is 29.8 Å². The molecule has 1 saturated heterocycles. The topological polar surface area (TPSA) is 81.4 Å². The molecule has 1 fully saturated rings. The molecule has 1 aromatic rings. The molecule has 0 aromatic heterocycles. The summed E-state index contributed by atoms with van der Waals surface area (Å²) in [6.07, 6.45) is 1.12. The summed E-state index contributed by atoms with van der Waals surface area (Å²) in [5.74, 6) is 0. The largest absolute Gasteiger partial charge is 0.399 e. The molecule has 6 heteroatoms. The maximum atomic E-state index is 12.0. The van der Waals surface area contributed by atoms with Gasteiger partial charge in [-0.25, -0.2) is 13.1 Å². The first kappa shape index (κ1) is 13.3. The summed E-state index contributed by atoms with van der Waals surface area (Å²) in [6.45, 7) is 1.32. The number of nitrogens with one attached hydrogen (secondary N) is 1. The van der Waals surface area contributed by atoms with Crippen LogP contribution in [0.4, 0.5) is 5.69 Å². The van der Waals surface area contributed by atoms with Crippen LogP contribution in [0.25, 0.3) is 0 Å². The fraction of sp³-hybridized carbons (Fsp3) is 0.500. The summed E-state index contributed by atoms with van der Waals surface area (Å²) in [7, 11) is -3.27. The number of nitrogen functional groups attached to an aromatic ring is 1. The van der Waals surface area contributed by atoms with Crippen molar-refractivity contribution in [1.82, 2.24) is 4.72 Å². The summed E-state index contributed by atoms with van der Waals surface area (Å²) in [5, 5.41) is -0.340. The van der Waals surface area contributed by atoms with Gasteiger partial charge in [0.05, 0.1) is 5.25 Å². The van der Waals surface area contributed by atoms with E-state index in [2.05, 4.69) is 4.72 Å². The maximum absolute atomic E-state index is 12.0. The van der Waals surface area contributed by atoms with Crippen LogP contribution < -0.4 is 10.5 Å². The van der Waals surface area contributed by atoms with E-state index in [0.29, 0.717) is 31.7 Å². The van der Waals surface area contributed by atoms with Crippen LogP contribution in [0.3, 0.4) is 0 Å². The van der Waals surface area contributed by atoms with Gasteiger partial charge >= 0.3 is 0 Å². The van der Waals surface area contributed by atoms with Crippen LogP contribution in [0.5, 0.6) is 0 Å². The molecular formula is C12H18N2O3S. The second kappa shape index (κ2) is 5.69. The van der Waals surface area contributed by atoms with Gasteiger partial charge in [-0.1, -0.05) is 12.1 Å². The number of rotatable bonds is 4. The van der Waals surface area contributed by atoms with Crippen LogP contribution in [0, 0.1) is 0 Å². The predicted molar refractivity (Wildman–Crippen MR) is 70.5 cm³/mol. The van der Waals surface area contributed by atoms with E-state index in [-0.39, 0.29) is 11.8 Å². The summed E-state index contributed by atoms with van der Waals surface area (Å²) in [5.41, 5.74) is 7.15. The van der Waals surface area contributed by atoms with Crippen molar-refractivity contribution in [1.29, 1.82) is 0 Å². The number of hydrogen-bond donors (Lipinski definition) is 2. The van der Waals surface area contributed by atoms with Crippen LogP contribution >= 0.6 is 0 Å². The maximum Gasteiger partial charge on any atom is 0.214 e. The Labute approximate surface area is 107 Å². The molecule has 0 unspecified atom stereocenters. The minimum absolute atomic E-state index is 0.282. The molecule has 1 heterocycles. The standard InChI is InChI=1S/C12H18N2O3S/c13-11-3-1-2-10(8-11)9-14-18(15,16)12-4-6-17-7-5-12/h1-3,8,12,14H,4-7,9,13H2. The molecule has 1 aliphatic rings. The van der Waals surface area contributed by atoms with E-state index in [1.165, 1.54) is 0 Å². The van der Waals surface area contributed by atoms with Crippen LogP contribution in [0.2, 0.25) is 0 Å². The smallest absolute Gasteiger partial charge is 0.214 e. The predicted octanol–water partition coefficient (Wildman–Crippen LogP) is 0.867. The number of sulfonamides is 1. The Morgan fingerprint density at radius 1 is 1.33 bits per heavy atom. The average Bonchev–Trinajstić information content (AvgIpc) is 2.38. The van der Waals surface area contributed by atoms with E-state index in [4.69, 9.17) is 10.5 Å². The highest BCUT2D eigenvalue weighted by Gasteiger charge is 2.27. The van der Waals surface area contributed by atoms with Crippen LogP contribution in [0.15, 0.2) is 24.3 Å². The van der Waals surface area contributed by atoms with Crippen molar-refractivity contribution in [2.45, 2.75) is 24.6 Å². The first-order valence-corrected chi connectivity index (χ1v) is 7.53. The van der Waals surface area contributed by atoms with Crippen LogP contribution in [-0.4, -0.2) is 26.9 Å². The molecule has 100 valence electrons. The Morgan fingerprint density at radius 3 is 2.72 bits per heavy atom. The molecule has 5 nitrogen and oxygen atoms in total. The molecule has 1 aliphatic heterocycles. The lowest BCUT2D eigenvalue weighted by Crippen LogP contribution is -2.37. The molecule has 0 amide bonds. The monoisotopic (exact) mass is 270 g/mol. The molecule has 3 N–H and O–H groups in total. The van der Waals surface area contributed by atoms with Crippen molar-refractivity contribution in [3.8, 4) is 0 Å². The molecule has 0 saturated carbocycles. The highest BCUT2D eigenvalue weighted by atomic mass is 32.2. The van der Waals surface area contributed by atoms with Gasteiger partial charge in [-0.05, 0) is 30.5 Å². The highest BCUT2D eigenvalue weighted by Crippen LogP contribution is 2.15. The minimum Gasteiger partial charge on any atom is -0.399 e. The van der Waals surface area contributed by atoms with E-state index in [1.54, 1.807) is 12.1 Å². The number of nitrogens with two attached hydrogens (primary N) is 1. The SMILES string of the molecule is Nc1cccc(CNS(=O)(=O)C2CCOCC2)c1. The lowest BCUT2D eigenvalue weighted by atomic mass is 10.2. The lowest BCUT2D eigenvalue weighted by Gasteiger charge is -2.22. The van der Waals surface area contributed by atoms with E-state index in [0.717, 1.165) is 5.56 Å². The van der Waals surface area contributed by atoms with Gasteiger partial charge in [0.2, 0.25) is 10.0 Å². The van der Waals surface area contributed by atoms with Crippen molar-refractivity contribution in [2.75, 3.05) is 18.9 Å². The Hall–Kier alpha value is -1.11. The highest BCUT2D eigenvalue weighted by molar-refractivity contribution is 7.90. The number of hydrogen-bond acceptors (Lipinski definition) is 4. The van der Waals surface area contributed by atoms with Crippen molar-refractivity contribution >= 4 is 15.7 Å². The van der Waals surface area contributed by atoms with Gasteiger partial charge in [-0.3, -0.25) is 0 Å². The zero-order valence-corrected chi connectivity index (χ0v) is 10.9. The summed E-state index contributed by atoms with van der Waals surface area (Å²) in [6, 6.07) is 7.21. The average molecular weight is 270 g/mol. The van der Waals surface area contributed by atoms with E-state index < -0.39 is 10.0 Å². The van der Waals surface area contributed by atoms with Gasteiger partial charge in [0, 0.05) is 25.4 Å². The first-order chi connectivity index (χ1) is 8.58. The molecule has 0 radical (unpaired) electrons. The van der Waals surface area contributed by atoms with Crippen molar-refractivity contribution < 1.29 is 13.2 Å². The molecule has 0 spiro atoms. The van der Waals surface area contributed by atoms with Crippen molar-refractivity contribution in [2.24, 2.45) is 0 Å². The zero-order valence-electron chi connectivity index (χ0n) is 10.1. The third-order valence-corrected chi connectivity index (χ3v) is 4.93. The molecule has 0 aliphatic carbocycles. The van der Waals surface area contributed by atoms with Gasteiger partial charge < -0.3 is 10.5 Å².